The summed E-state index contributed by atoms with van der Waals surface area (Å²) in [6.07, 6.45) is 9.60. The van der Waals surface area contributed by atoms with E-state index in [1.165, 1.54) is 38.5 Å². The number of carbonyl (C=O) groups excluding carboxylic acids is 1. The molecule has 0 fully saturated rings. The molecule has 1 aliphatic carbocycles. The van der Waals surface area contributed by atoms with Gasteiger partial charge in [-0.2, -0.15) is 0 Å². The van der Waals surface area contributed by atoms with Gasteiger partial charge in [0.2, 0.25) is 0 Å². The molecule has 1 aliphatic rings. The van der Waals surface area contributed by atoms with Crippen molar-refractivity contribution >= 4 is 38.8 Å². The maximum absolute atomic E-state index is 13.3. The van der Waals surface area contributed by atoms with E-state index in [-0.39, 0.29) is 5.78 Å². The first-order chi connectivity index (χ1) is 25.4. The second-order valence-corrected chi connectivity index (χ2v) is 15.0. The van der Waals surface area contributed by atoms with E-state index >= 15 is 0 Å². The zero-order valence-corrected chi connectivity index (χ0v) is 32.8. The maximum atomic E-state index is 13.3. The maximum Gasteiger partial charge on any atom is 0.194 e. The highest BCUT2D eigenvalue weighted by molar-refractivity contribution is 9.10. The van der Waals surface area contributed by atoms with Crippen LogP contribution in [0.4, 0.5) is 17.1 Å². The molecule has 6 rings (SSSR count). The number of benzene rings is 5. The van der Waals surface area contributed by atoms with Gasteiger partial charge in [0.05, 0.1) is 13.2 Å². The summed E-state index contributed by atoms with van der Waals surface area (Å²) < 4.78 is 13.4. The van der Waals surface area contributed by atoms with Crippen molar-refractivity contribution in [2.45, 2.75) is 79.1 Å². The quantitative estimate of drug-likeness (QED) is 0.0875. The zero-order valence-electron chi connectivity index (χ0n) is 31.2. The number of carbonyl (C=O) groups is 1. The van der Waals surface area contributed by atoms with Crippen molar-refractivity contribution in [2.24, 2.45) is 11.8 Å². The van der Waals surface area contributed by atoms with Gasteiger partial charge in [-0.05, 0) is 126 Å². The Morgan fingerprint density at radius 2 is 0.981 bits per heavy atom. The predicted octanol–water partition coefficient (Wildman–Crippen LogP) is 14.0. The molecule has 5 heteroatoms. The molecule has 0 heterocycles. The van der Waals surface area contributed by atoms with E-state index in [1.54, 1.807) is 0 Å². The Morgan fingerprint density at radius 3 is 1.46 bits per heavy atom. The summed E-state index contributed by atoms with van der Waals surface area (Å²) in [5, 5.41) is 0. The van der Waals surface area contributed by atoms with Gasteiger partial charge in [-0.15, -0.1) is 0 Å². The number of anilines is 3. The van der Waals surface area contributed by atoms with Gasteiger partial charge in [0, 0.05) is 32.7 Å². The Labute approximate surface area is 319 Å². The third-order valence-corrected chi connectivity index (χ3v) is 11.0. The van der Waals surface area contributed by atoms with Crippen LogP contribution in [0.5, 0.6) is 11.5 Å². The lowest BCUT2D eigenvalue weighted by Gasteiger charge is -2.26. The molecule has 0 bridgehead atoms. The summed E-state index contributed by atoms with van der Waals surface area (Å²) in [7, 11) is 0. The molecule has 0 aliphatic heterocycles. The minimum Gasteiger partial charge on any atom is -0.493 e. The highest BCUT2D eigenvalue weighted by Gasteiger charge is 2.27. The fourth-order valence-electron chi connectivity index (χ4n) is 7.09. The number of rotatable bonds is 18. The second-order valence-electron chi connectivity index (χ2n) is 14.1. The number of hydrogen-bond acceptors (Lipinski definition) is 4. The molecule has 2 unspecified atom stereocenters. The molecule has 270 valence electrons. The third kappa shape index (κ3) is 8.81. The third-order valence-electron chi connectivity index (χ3n) is 10.5. The first kappa shape index (κ1) is 37.4. The molecule has 0 saturated heterocycles. The lowest BCUT2D eigenvalue weighted by molar-refractivity contribution is 0.104. The molecule has 0 N–H and O–H groups in total. The SMILES string of the molecule is CCCCC(CC)COc1ccc(N(c2ccc(OCC(CC)CCCC)cc2)c2ccc(-c3ccc4c(c3)C(=O)c3cc(Br)ccc3-4)cc2)cc1. The number of nitrogens with zero attached hydrogens (tertiary/aromatic N) is 1. The average Bonchev–Trinajstić information content (AvgIpc) is 3.46. The van der Waals surface area contributed by atoms with Gasteiger partial charge in [-0.1, -0.05) is 112 Å². The van der Waals surface area contributed by atoms with Crippen molar-refractivity contribution in [1.29, 1.82) is 0 Å². The largest absolute Gasteiger partial charge is 0.493 e. The normalized spacial score (nSPS) is 13.0. The van der Waals surface area contributed by atoms with Crippen LogP contribution in [0.25, 0.3) is 22.3 Å². The smallest absolute Gasteiger partial charge is 0.194 e. The molecule has 5 aromatic rings. The summed E-state index contributed by atoms with van der Waals surface area (Å²) in [4.78, 5) is 15.6. The number of ketones is 1. The molecule has 0 saturated carbocycles. The standard InChI is InChI=1S/C47H52BrNO3/c1-5-9-11-33(7-3)31-51-41-23-19-39(20-24-41)49(40-21-25-42(26-22-40)52-32-34(8-4)12-10-6-2)38-17-13-35(14-18-38)36-15-27-43-44-28-16-37(48)30-46(44)47(50)45(43)29-36/h13-30,33-34H,5-12,31-32H2,1-4H3. The molecule has 4 nitrogen and oxygen atoms in total. The summed E-state index contributed by atoms with van der Waals surface area (Å²) in [5.74, 6) is 3.03. The topological polar surface area (TPSA) is 38.8 Å². The number of ether oxygens (including phenoxy) is 2. The summed E-state index contributed by atoms with van der Waals surface area (Å²) in [5.41, 5.74) is 8.72. The van der Waals surface area contributed by atoms with E-state index in [0.29, 0.717) is 11.8 Å². The zero-order chi connectivity index (χ0) is 36.5. The van der Waals surface area contributed by atoms with Gasteiger partial charge >= 0.3 is 0 Å². The number of halogens is 1. The fraction of sp³-hybridized carbons (Fsp3) is 0.340. The lowest BCUT2D eigenvalue weighted by Crippen LogP contribution is -2.12. The number of hydrogen-bond donors (Lipinski definition) is 0. The summed E-state index contributed by atoms with van der Waals surface area (Å²) in [6.45, 7) is 10.5. The Balaban J connectivity index is 1.25. The van der Waals surface area contributed by atoms with Crippen molar-refractivity contribution in [3.8, 4) is 33.8 Å². The van der Waals surface area contributed by atoms with Crippen LogP contribution in [-0.2, 0) is 0 Å². The summed E-state index contributed by atoms with van der Waals surface area (Å²) in [6, 6.07) is 37.7. The first-order valence-electron chi connectivity index (χ1n) is 19.3. The van der Waals surface area contributed by atoms with Crippen LogP contribution in [0.1, 0.15) is 95.0 Å². The number of unbranched alkanes of at least 4 members (excludes halogenated alkanes) is 2. The molecule has 0 amide bonds. The monoisotopic (exact) mass is 757 g/mol. The van der Waals surface area contributed by atoms with Gasteiger partial charge in [-0.3, -0.25) is 4.79 Å². The van der Waals surface area contributed by atoms with Gasteiger partial charge in [0.15, 0.2) is 5.78 Å². The first-order valence-corrected chi connectivity index (χ1v) is 20.1. The summed E-state index contributed by atoms with van der Waals surface area (Å²) >= 11 is 3.52. The molecule has 2 atom stereocenters. The fourth-order valence-corrected chi connectivity index (χ4v) is 7.45. The van der Waals surface area contributed by atoms with Gasteiger partial charge in [-0.25, -0.2) is 0 Å². The second kappa shape index (κ2) is 17.9. The van der Waals surface area contributed by atoms with Gasteiger partial charge in [0.1, 0.15) is 11.5 Å². The van der Waals surface area contributed by atoms with Crippen molar-refractivity contribution in [3.63, 3.8) is 0 Å². The minimum atomic E-state index is 0.0770. The molecule has 5 aromatic carbocycles. The van der Waals surface area contributed by atoms with E-state index < -0.39 is 0 Å². The van der Waals surface area contributed by atoms with Crippen LogP contribution >= 0.6 is 15.9 Å². The molecule has 0 spiro atoms. The molecular formula is C47H52BrNO3. The highest BCUT2D eigenvalue weighted by Crippen LogP contribution is 2.41. The van der Waals surface area contributed by atoms with Crippen LogP contribution < -0.4 is 14.4 Å². The highest BCUT2D eigenvalue weighted by atomic mass is 79.9. The van der Waals surface area contributed by atoms with E-state index in [2.05, 4.69) is 133 Å². The van der Waals surface area contributed by atoms with Crippen molar-refractivity contribution in [1.82, 2.24) is 0 Å². The average molecular weight is 759 g/mol. The molecule has 52 heavy (non-hydrogen) atoms. The number of fused-ring (bicyclic) bond motifs is 3. The van der Waals surface area contributed by atoms with Gasteiger partial charge in [0.25, 0.3) is 0 Å². The Bertz CT molecular complexity index is 1850. The Hall–Kier alpha value is -4.35. The molecule has 0 radical (unpaired) electrons. The molecular weight excluding hydrogens is 706 g/mol. The predicted molar refractivity (Wildman–Crippen MR) is 221 cm³/mol. The van der Waals surface area contributed by atoms with Gasteiger partial charge < -0.3 is 14.4 Å². The van der Waals surface area contributed by atoms with E-state index in [1.807, 2.05) is 24.3 Å². The Kier molecular flexibility index (Phi) is 12.9. The van der Waals surface area contributed by atoms with Crippen LogP contribution in [0.2, 0.25) is 0 Å². The Morgan fingerprint density at radius 1 is 0.538 bits per heavy atom. The van der Waals surface area contributed by atoms with E-state index in [4.69, 9.17) is 9.47 Å². The minimum absolute atomic E-state index is 0.0770. The van der Waals surface area contributed by atoms with Crippen LogP contribution in [0, 0.1) is 11.8 Å². The van der Waals surface area contributed by atoms with Crippen molar-refractivity contribution < 1.29 is 14.3 Å². The van der Waals surface area contributed by atoms with E-state index in [9.17, 15) is 4.79 Å². The van der Waals surface area contributed by atoms with Crippen LogP contribution in [-0.4, -0.2) is 19.0 Å². The van der Waals surface area contributed by atoms with Crippen LogP contribution in [0.3, 0.4) is 0 Å². The molecule has 0 aromatic heterocycles. The lowest BCUT2D eigenvalue weighted by atomic mass is 9.98. The van der Waals surface area contributed by atoms with E-state index in [0.717, 1.165) is 92.5 Å². The van der Waals surface area contributed by atoms with Crippen LogP contribution in [0.15, 0.2) is 114 Å². The van der Waals surface area contributed by atoms with Crippen molar-refractivity contribution in [2.75, 3.05) is 18.1 Å². The van der Waals surface area contributed by atoms with Crippen molar-refractivity contribution in [3.05, 3.63) is 125 Å².